The standard InChI is InChI=1S/C13H23N5O3S/c1-15(9-12(19)16-4-7-21-8-5-16)11-18-13(22)17(10-14-18)3-6-20-2/h10H,3-9,11H2,1-2H3. The third-order valence-corrected chi connectivity index (χ3v) is 3.92. The van der Waals surface area contributed by atoms with Crippen LogP contribution in [-0.4, -0.2) is 83.7 Å². The van der Waals surface area contributed by atoms with Gasteiger partial charge in [0.25, 0.3) is 0 Å². The molecule has 1 aliphatic rings. The van der Waals surface area contributed by atoms with Crippen LogP contribution in [0.25, 0.3) is 0 Å². The molecule has 1 fully saturated rings. The van der Waals surface area contributed by atoms with Gasteiger partial charge in [-0.25, -0.2) is 4.68 Å². The van der Waals surface area contributed by atoms with Crippen LogP contribution in [0.4, 0.5) is 0 Å². The number of methoxy groups -OCH3 is 1. The topological polar surface area (TPSA) is 64.8 Å². The van der Waals surface area contributed by atoms with Gasteiger partial charge in [-0.1, -0.05) is 0 Å². The first-order chi connectivity index (χ1) is 10.6. The van der Waals surface area contributed by atoms with Gasteiger partial charge in [-0.3, -0.25) is 9.69 Å². The number of ether oxygens (including phenoxy) is 2. The van der Waals surface area contributed by atoms with Gasteiger partial charge in [0.1, 0.15) is 6.33 Å². The smallest absolute Gasteiger partial charge is 0.236 e. The predicted molar refractivity (Wildman–Crippen MR) is 83.0 cm³/mol. The molecule has 22 heavy (non-hydrogen) atoms. The maximum atomic E-state index is 12.2. The van der Waals surface area contributed by atoms with E-state index in [2.05, 4.69) is 5.10 Å². The van der Waals surface area contributed by atoms with E-state index in [9.17, 15) is 4.79 Å². The molecular weight excluding hydrogens is 306 g/mol. The second kappa shape index (κ2) is 8.37. The fourth-order valence-electron chi connectivity index (χ4n) is 2.23. The number of amides is 1. The summed E-state index contributed by atoms with van der Waals surface area (Å²) >= 11 is 5.37. The number of hydrogen-bond acceptors (Lipinski definition) is 6. The second-order valence-corrected chi connectivity index (χ2v) is 5.61. The Morgan fingerprint density at radius 2 is 2.23 bits per heavy atom. The number of likely N-dealkylation sites (N-methyl/N-ethyl adjacent to an activating group) is 1. The van der Waals surface area contributed by atoms with Crippen molar-refractivity contribution in [1.82, 2.24) is 24.1 Å². The Bertz CT molecular complexity index is 538. The quantitative estimate of drug-likeness (QED) is 0.646. The Morgan fingerprint density at radius 3 is 2.91 bits per heavy atom. The predicted octanol–water partition coefficient (Wildman–Crippen LogP) is -0.191. The molecule has 0 atom stereocenters. The van der Waals surface area contributed by atoms with Crippen molar-refractivity contribution >= 4 is 18.1 Å². The lowest BCUT2D eigenvalue weighted by Crippen LogP contribution is -2.45. The van der Waals surface area contributed by atoms with Crippen molar-refractivity contribution in [3.8, 4) is 0 Å². The van der Waals surface area contributed by atoms with Crippen molar-refractivity contribution in [2.45, 2.75) is 13.2 Å². The van der Waals surface area contributed by atoms with Crippen LogP contribution in [0.3, 0.4) is 0 Å². The minimum Gasteiger partial charge on any atom is -0.383 e. The van der Waals surface area contributed by atoms with Crippen molar-refractivity contribution < 1.29 is 14.3 Å². The van der Waals surface area contributed by atoms with Crippen LogP contribution < -0.4 is 0 Å². The lowest BCUT2D eigenvalue weighted by Gasteiger charge is -2.28. The molecule has 1 aromatic rings. The summed E-state index contributed by atoms with van der Waals surface area (Å²) in [5.74, 6) is 0.108. The molecule has 0 saturated carbocycles. The van der Waals surface area contributed by atoms with Crippen LogP contribution in [0.2, 0.25) is 0 Å². The van der Waals surface area contributed by atoms with Gasteiger partial charge in [-0.15, -0.1) is 0 Å². The Kier molecular flexibility index (Phi) is 6.49. The molecule has 0 aliphatic carbocycles. The highest BCUT2D eigenvalue weighted by Crippen LogP contribution is 2.01. The van der Waals surface area contributed by atoms with Gasteiger partial charge in [-0.2, -0.15) is 5.10 Å². The molecule has 0 radical (unpaired) electrons. The molecule has 0 spiro atoms. The van der Waals surface area contributed by atoms with E-state index in [1.165, 1.54) is 0 Å². The van der Waals surface area contributed by atoms with E-state index in [4.69, 9.17) is 21.7 Å². The second-order valence-electron chi connectivity index (χ2n) is 5.25. The van der Waals surface area contributed by atoms with Gasteiger partial charge in [0.2, 0.25) is 5.91 Å². The van der Waals surface area contributed by atoms with E-state index >= 15 is 0 Å². The lowest BCUT2D eigenvalue weighted by molar-refractivity contribution is -0.136. The van der Waals surface area contributed by atoms with Crippen molar-refractivity contribution in [1.29, 1.82) is 0 Å². The van der Waals surface area contributed by atoms with Crippen LogP contribution in [-0.2, 0) is 27.5 Å². The zero-order chi connectivity index (χ0) is 15.9. The third-order valence-electron chi connectivity index (χ3n) is 3.48. The zero-order valence-corrected chi connectivity index (χ0v) is 13.9. The molecular formula is C13H23N5O3S. The number of carbonyl (C=O) groups is 1. The van der Waals surface area contributed by atoms with Crippen molar-refractivity contribution in [3.05, 3.63) is 11.1 Å². The average molecular weight is 329 g/mol. The number of carbonyl (C=O) groups excluding carboxylic acids is 1. The van der Waals surface area contributed by atoms with E-state index in [0.717, 1.165) is 0 Å². The van der Waals surface area contributed by atoms with Crippen LogP contribution in [0.1, 0.15) is 0 Å². The molecule has 8 nitrogen and oxygen atoms in total. The van der Waals surface area contributed by atoms with E-state index in [1.54, 1.807) is 18.1 Å². The number of hydrogen-bond donors (Lipinski definition) is 0. The van der Waals surface area contributed by atoms with Crippen molar-refractivity contribution in [2.75, 3.05) is 53.6 Å². The van der Waals surface area contributed by atoms with Crippen LogP contribution >= 0.6 is 12.2 Å². The average Bonchev–Trinajstić information content (AvgIpc) is 2.86. The molecule has 1 aromatic heterocycles. The van der Waals surface area contributed by atoms with Crippen molar-refractivity contribution in [3.63, 3.8) is 0 Å². The molecule has 0 bridgehead atoms. The minimum absolute atomic E-state index is 0.108. The van der Waals surface area contributed by atoms with Crippen LogP contribution in [0.15, 0.2) is 6.33 Å². The molecule has 1 amide bonds. The molecule has 124 valence electrons. The molecule has 0 aromatic carbocycles. The highest BCUT2D eigenvalue weighted by atomic mass is 32.1. The van der Waals surface area contributed by atoms with E-state index in [0.29, 0.717) is 57.4 Å². The maximum Gasteiger partial charge on any atom is 0.236 e. The summed E-state index contributed by atoms with van der Waals surface area (Å²) in [5.41, 5.74) is 0. The molecule has 0 N–H and O–H groups in total. The Morgan fingerprint density at radius 1 is 1.50 bits per heavy atom. The van der Waals surface area contributed by atoms with Gasteiger partial charge in [0, 0.05) is 26.7 Å². The number of nitrogens with zero attached hydrogens (tertiary/aromatic N) is 5. The van der Waals surface area contributed by atoms with E-state index in [-0.39, 0.29) is 5.91 Å². The molecule has 9 heteroatoms. The Balaban J connectivity index is 1.86. The van der Waals surface area contributed by atoms with Crippen LogP contribution in [0.5, 0.6) is 0 Å². The van der Waals surface area contributed by atoms with Gasteiger partial charge < -0.3 is 18.9 Å². The molecule has 2 rings (SSSR count). The number of morpholine rings is 1. The van der Waals surface area contributed by atoms with Crippen molar-refractivity contribution in [2.24, 2.45) is 0 Å². The SMILES string of the molecule is COCCn1cnn(CN(C)CC(=O)N2CCOCC2)c1=S. The van der Waals surface area contributed by atoms with Gasteiger partial charge in [0.05, 0.1) is 33.0 Å². The summed E-state index contributed by atoms with van der Waals surface area (Å²) in [6.07, 6.45) is 1.69. The van der Waals surface area contributed by atoms with Gasteiger partial charge >= 0.3 is 0 Å². The van der Waals surface area contributed by atoms with Gasteiger partial charge in [0.15, 0.2) is 4.77 Å². The molecule has 0 unspecified atom stereocenters. The summed E-state index contributed by atoms with van der Waals surface area (Å²) in [6.45, 7) is 4.64. The number of rotatable bonds is 7. The number of aromatic nitrogens is 3. The fraction of sp³-hybridized carbons (Fsp3) is 0.769. The molecule has 1 saturated heterocycles. The van der Waals surface area contributed by atoms with Crippen LogP contribution in [0, 0.1) is 4.77 Å². The monoisotopic (exact) mass is 329 g/mol. The molecule has 2 heterocycles. The van der Waals surface area contributed by atoms with Gasteiger partial charge in [-0.05, 0) is 19.3 Å². The fourth-order valence-corrected chi connectivity index (χ4v) is 2.48. The Labute approximate surface area is 135 Å². The minimum atomic E-state index is 0.108. The first-order valence-corrected chi connectivity index (χ1v) is 7.68. The Hall–Kier alpha value is -1.29. The summed E-state index contributed by atoms with van der Waals surface area (Å²) in [6, 6.07) is 0. The highest BCUT2D eigenvalue weighted by Gasteiger charge is 2.18. The summed E-state index contributed by atoms with van der Waals surface area (Å²) in [5, 5.41) is 4.26. The summed E-state index contributed by atoms with van der Waals surface area (Å²) in [4.78, 5) is 15.9. The normalized spacial score (nSPS) is 15.5. The lowest BCUT2D eigenvalue weighted by atomic mass is 10.4. The van der Waals surface area contributed by atoms with E-state index in [1.807, 2.05) is 21.4 Å². The highest BCUT2D eigenvalue weighted by molar-refractivity contribution is 7.71. The zero-order valence-electron chi connectivity index (χ0n) is 13.1. The first-order valence-electron chi connectivity index (χ1n) is 7.27. The molecule has 1 aliphatic heterocycles. The van der Waals surface area contributed by atoms with E-state index < -0.39 is 0 Å². The maximum absolute atomic E-state index is 12.2. The summed E-state index contributed by atoms with van der Waals surface area (Å²) < 4.78 is 14.5. The summed E-state index contributed by atoms with van der Waals surface area (Å²) in [7, 11) is 3.54. The largest absolute Gasteiger partial charge is 0.383 e. The first kappa shape index (κ1) is 17.1. The third kappa shape index (κ3) is 4.60.